The van der Waals surface area contributed by atoms with Gasteiger partial charge < -0.3 is 19.5 Å². The molecule has 1 aliphatic rings. The number of hydrogen-bond acceptors (Lipinski definition) is 7. The number of benzene rings is 1. The zero-order valence-corrected chi connectivity index (χ0v) is 17.4. The molecule has 1 aromatic heterocycles. The van der Waals surface area contributed by atoms with Crippen molar-refractivity contribution >= 4 is 34.5 Å². The number of hydrogen-bond donors (Lipinski definition) is 1. The SMILES string of the molecule is COC(=O)c1c(NC(=O)COc2cc(C=O)ccc2OC)sc2c1CC[C@@H](C)C2. The Labute approximate surface area is 173 Å². The van der Waals surface area contributed by atoms with Gasteiger partial charge in [0.25, 0.3) is 5.91 Å². The van der Waals surface area contributed by atoms with Crippen molar-refractivity contribution in [3.63, 3.8) is 0 Å². The molecule has 0 fully saturated rings. The van der Waals surface area contributed by atoms with Gasteiger partial charge in [0.15, 0.2) is 18.1 Å². The van der Waals surface area contributed by atoms with Gasteiger partial charge >= 0.3 is 5.97 Å². The number of thiophene rings is 1. The molecule has 1 heterocycles. The fourth-order valence-corrected chi connectivity index (χ4v) is 4.76. The molecule has 7 nitrogen and oxygen atoms in total. The van der Waals surface area contributed by atoms with Crippen molar-refractivity contribution in [1.82, 2.24) is 0 Å². The van der Waals surface area contributed by atoms with Crippen molar-refractivity contribution in [1.29, 1.82) is 0 Å². The topological polar surface area (TPSA) is 90.9 Å². The summed E-state index contributed by atoms with van der Waals surface area (Å²) in [5, 5.41) is 3.26. The third-order valence-corrected chi connectivity index (χ3v) is 6.01. The highest BCUT2D eigenvalue weighted by atomic mass is 32.1. The maximum Gasteiger partial charge on any atom is 0.341 e. The first-order valence-electron chi connectivity index (χ1n) is 9.25. The highest BCUT2D eigenvalue weighted by Gasteiger charge is 2.29. The van der Waals surface area contributed by atoms with Crippen LogP contribution in [0.15, 0.2) is 18.2 Å². The van der Waals surface area contributed by atoms with Crippen molar-refractivity contribution in [2.75, 3.05) is 26.1 Å². The monoisotopic (exact) mass is 417 g/mol. The van der Waals surface area contributed by atoms with E-state index in [1.165, 1.54) is 31.6 Å². The van der Waals surface area contributed by atoms with Gasteiger partial charge in [-0.3, -0.25) is 9.59 Å². The average Bonchev–Trinajstić information content (AvgIpc) is 3.07. The van der Waals surface area contributed by atoms with Crippen LogP contribution in [0.3, 0.4) is 0 Å². The predicted molar refractivity (Wildman–Crippen MR) is 109 cm³/mol. The average molecular weight is 417 g/mol. The molecule has 0 saturated heterocycles. The summed E-state index contributed by atoms with van der Waals surface area (Å²) in [6.07, 6.45) is 3.36. The zero-order valence-electron chi connectivity index (χ0n) is 16.6. The molecule has 1 aliphatic carbocycles. The summed E-state index contributed by atoms with van der Waals surface area (Å²) < 4.78 is 15.7. The lowest BCUT2D eigenvalue weighted by molar-refractivity contribution is -0.118. The van der Waals surface area contributed by atoms with Gasteiger partial charge in [-0.15, -0.1) is 11.3 Å². The van der Waals surface area contributed by atoms with Crippen molar-refractivity contribution in [2.24, 2.45) is 5.92 Å². The Morgan fingerprint density at radius 1 is 1.28 bits per heavy atom. The summed E-state index contributed by atoms with van der Waals surface area (Å²) in [6, 6.07) is 4.70. The van der Waals surface area contributed by atoms with Crippen LogP contribution in [-0.2, 0) is 22.4 Å². The van der Waals surface area contributed by atoms with Crippen LogP contribution >= 0.6 is 11.3 Å². The minimum absolute atomic E-state index is 0.291. The van der Waals surface area contributed by atoms with Crippen molar-refractivity contribution < 1.29 is 28.6 Å². The Morgan fingerprint density at radius 2 is 2.07 bits per heavy atom. The van der Waals surface area contributed by atoms with E-state index in [4.69, 9.17) is 14.2 Å². The molecule has 0 unspecified atom stereocenters. The number of rotatable bonds is 7. The van der Waals surface area contributed by atoms with Crippen molar-refractivity contribution in [2.45, 2.75) is 26.2 Å². The number of amides is 1. The van der Waals surface area contributed by atoms with Gasteiger partial charge in [-0.1, -0.05) is 6.92 Å². The van der Waals surface area contributed by atoms with Gasteiger partial charge in [-0.2, -0.15) is 0 Å². The molecule has 29 heavy (non-hydrogen) atoms. The number of nitrogens with one attached hydrogen (secondary N) is 1. The van der Waals surface area contributed by atoms with Crippen LogP contribution in [0.25, 0.3) is 0 Å². The normalized spacial score (nSPS) is 15.2. The van der Waals surface area contributed by atoms with Gasteiger partial charge in [-0.05, 0) is 48.9 Å². The summed E-state index contributed by atoms with van der Waals surface area (Å²) >= 11 is 1.41. The first-order chi connectivity index (χ1) is 14.0. The molecule has 0 radical (unpaired) electrons. The molecule has 1 aromatic carbocycles. The Kier molecular flexibility index (Phi) is 6.53. The standard InChI is InChI=1S/C21H23NO6S/c1-12-4-6-14-17(8-12)29-20(19(14)21(25)27-3)22-18(24)11-28-16-9-13(10-23)5-7-15(16)26-2/h5,7,9-10,12H,4,6,8,11H2,1-3H3,(H,22,24)/t12-/m1/s1. The number of ether oxygens (including phenoxy) is 3. The number of fused-ring (bicyclic) bond motifs is 1. The summed E-state index contributed by atoms with van der Waals surface area (Å²) in [5.41, 5.74) is 1.82. The maximum atomic E-state index is 12.5. The molecule has 1 N–H and O–H groups in total. The molecule has 3 rings (SSSR count). The van der Waals surface area contributed by atoms with Gasteiger partial charge in [0, 0.05) is 10.4 Å². The zero-order chi connectivity index (χ0) is 21.0. The number of anilines is 1. The molecule has 0 spiro atoms. The van der Waals surface area contributed by atoms with Crippen LogP contribution in [0, 0.1) is 5.92 Å². The summed E-state index contributed by atoms with van der Waals surface area (Å²) in [5.74, 6) is 0.379. The lowest BCUT2D eigenvalue weighted by atomic mass is 9.88. The molecular weight excluding hydrogens is 394 g/mol. The van der Waals surface area contributed by atoms with Gasteiger partial charge in [0.1, 0.15) is 11.3 Å². The minimum Gasteiger partial charge on any atom is -0.493 e. The molecule has 8 heteroatoms. The summed E-state index contributed by atoms with van der Waals surface area (Å²) in [4.78, 5) is 36.9. The Morgan fingerprint density at radius 3 is 2.76 bits per heavy atom. The van der Waals surface area contributed by atoms with E-state index in [1.807, 2.05) is 0 Å². The lowest BCUT2D eigenvalue weighted by Gasteiger charge is -2.18. The van der Waals surface area contributed by atoms with E-state index in [0.29, 0.717) is 39.8 Å². The third-order valence-electron chi connectivity index (χ3n) is 4.84. The van der Waals surface area contributed by atoms with E-state index < -0.39 is 11.9 Å². The smallest absolute Gasteiger partial charge is 0.341 e. The largest absolute Gasteiger partial charge is 0.493 e. The van der Waals surface area contributed by atoms with Crippen molar-refractivity contribution in [3.8, 4) is 11.5 Å². The predicted octanol–water partition coefficient (Wildman–Crippen LogP) is 3.50. The maximum absolute atomic E-state index is 12.5. The number of carbonyl (C=O) groups is 3. The Balaban J connectivity index is 1.76. The number of methoxy groups -OCH3 is 2. The van der Waals surface area contributed by atoms with Gasteiger partial charge in [0.2, 0.25) is 0 Å². The fraction of sp³-hybridized carbons (Fsp3) is 0.381. The van der Waals surface area contributed by atoms with Crippen LogP contribution in [0.5, 0.6) is 11.5 Å². The van der Waals surface area contributed by atoms with Crippen LogP contribution in [0.2, 0.25) is 0 Å². The second-order valence-electron chi connectivity index (χ2n) is 6.91. The minimum atomic E-state index is -0.450. The first kappa shape index (κ1) is 20.9. The van der Waals surface area contributed by atoms with E-state index in [-0.39, 0.29) is 6.61 Å². The molecule has 0 aliphatic heterocycles. The second-order valence-corrected chi connectivity index (χ2v) is 8.02. The highest BCUT2D eigenvalue weighted by molar-refractivity contribution is 7.17. The van der Waals surface area contributed by atoms with E-state index in [1.54, 1.807) is 12.1 Å². The van der Waals surface area contributed by atoms with E-state index in [0.717, 1.165) is 29.7 Å². The quantitative estimate of drug-likeness (QED) is 0.548. The number of aldehydes is 1. The van der Waals surface area contributed by atoms with E-state index >= 15 is 0 Å². The molecular formula is C21H23NO6S. The molecule has 1 amide bonds. The number of carbonyl (C=O) groups excluding carboxylic acids is 3. The lowest BCUT2D eigenvalue weighted by Crippen LogP contribution is -2.21. The molecule has 154 valence electrons. The highest BCUT2D eigenvalue weighted by Crippen LogP contribution is 2.40. The van der Waals surface area contributed by atoms with E-state index in [9.17, 15) is 14.4 Å². The second kappa shape index (κ2) is 9.09. The van der Waals surface area contributed by atoms with Gasteiger partial charge in [0.05, 0.1) is 19.8 Å². The van der Waals surface area contributed by atoms with Crippen LogP contribution < -0.4 is 14.8 Å². The van der Waals surface area contributed by atoms with Crippen molar-refractivity contribution in [3.05, 3.63) is 39.8 Å². The molecule has 2 aromatic rings. The van der Waals surface area contributed by atoms with Crippen LogP contribution in [-0.4, -0.2) is 39.0 Å². The van der Waals surface area contributed by atoms with Crippen LogP contribution in [0.4, 0.5) is 5.00 Å². The summed E-state index contributed by atoms with van der Waals surface area (Å²) in [6.45, 7) is 1.88. The Hall–Kier alpha value is -2.87. The fourth-order valence-electron chi connectivity index (χ4n) is 3.34. The molecule has 1 atom stereocenters. The number of esters is 1. The molecule has 0 bridgehead atoms. The summed E-state index contributed by atoms with van der Waals surface area (Å²) in [7, 11) is 2.81. The third kappa shape index (κ3) is 4.59. The van der Waals surface area contributed by atoms with Crippen LogP contribution in [0.1, 0.15) is 44.5 Å². The van der Waals surface area contributed by atoms with Gasteiger partial charge in [-0.25, -0.2) is 4.79 Å². The molecule has 0 saturated carbocycles. The first-order valence-corrected chi connectivity index (χ1v) is 10.1. The van der Waals surface area contributed by atoms with E-state index in [2.05, 4.69) is 12.2 Å². The Bertz CT molecular complexity index is 935.